The molecule has 0 fully saturated rings. The highest BCUT2D eigenvalue weighted by atomic mass is 35.5. The van der Waals surface area contributed by atoms with Crippen LogP contribution in [0.5, 0.6) is 0 Å². The zero-order valence-electron chi connectivity index (χ0n) is 6.61. The molecule has 0 spiro atoms. The van der Waals surface area contributed by atoms with Crippen LogP contribution in [0.2, 0.25) is 0 Å². The van der Waals surface area contributed by atoms with Crippen LogP contribution in [-0.4, -0.2) is 17.2 Å². The molecule has 0 heterocycles. The van der Waals surface area contributed by atoms with Gasteiger partial charge in [0.2, 0.25) is 5.24 Å². The average molecular weight is 177 g/mol. The Hall–Kier alpha value is -0.570. The van der Waals surface area contributed by atoms with Crippen molar-refractivity contribution in [3.8, 4) is 0 Å². The van der Waals surface area contributed by atoms with Crippen LogP contribution in [0.1, 0.15) is 26.7 Å². The lowest BCUT2D eigenvalue weighted by Gasteiger charge is -2.24. The van der Waals surface area contributed by atoms with E-state index in [-0.39, 0.29) is 6.42 Å². The summed E-state index contributed by atoms with van der Waals surface area (Å²) in [5.41, 5.74) is -0.541. The molecule has 0 saturated heterocycles. The summed E-state index contributed by atoms with van der Waals surface area (Å²) in [4.78, 5) is 20.5. The fourth-order valence-electron chi connectivity index (χ4n) is 0.688. The van der Waals surface area contributed by atoms with Gasteiger partial charge >= 0.3 is 6.41 Å². The minimum Gasteiger partial charge on any atom is -0.342 e. The van der Waals surface area contributed by atoms with Gasteiger partial charge in [0.15, 0.2) is 0 Å². The minimum atomic E-state index is -0.541. The predicted molar refractivity (Wildman–Crippen MR) is 43.0 cm³/mol. The van der Waals surface area contributed by atoms with Crippen molar-refractivity contribution in [2.75, 3.05) is 0 Å². The van der Waals surface area contributed by atoms with Crippen LogP contribution in [0, 0.1) is 0 Å². The summed E-state index contributed by atoms with van der Waals surface area (Å²) in [5.74, 6) is 0. The maximum atomic E-state index is 10.5. The SMILES string of the molecule is CCC(C)(CC(=O)Cl)N[C]=O. The molecule has 0 aromatic heterocycles. The molecule has 63 valence electrons. The van der Waals surface area contributed by atoms with Crippen LogP contribution in [0.15, 0.2) is 0 Å². The normalized spacial score (nSPS) is 15.2. The van der Waals surface area contributed by atoms with Gasteiger partial charge in [-0.15, -0.1) is 0 Å². The molecule has 3 nitrogen and oxygen atoms in total. The molecule has 0 aromatic carbocycles. The van der Waals surface area contributed by atoms with Crippen LogP contribution >= 0.6 is 11.6 Å². The second kappa shape index (κ2) is 4.34. The van der Waals surface area contributed by atoms with Crippen molar-refractivity contribution in [1.29, 1.82) is 0 Å². The lowest BCUT2D eigenvalue weighted by Crippen LogP contribution is -2.42. The Kier molecular flexibility index (Phi) is 4.11. The molecule has 11 heavy (non-hydrogen) atoms. The van der Waals surface area contributed by atoms with Crippen LogP contribution in [0.25, 0.3) is 0 Å². The van der Waals surface area contributed by atoms with Crippen molar-refractivity contribution in [2.45, 2.75) is 32.2 Å². The third-order valence-corrected chi connectivity index (χ3v) is 1.80. The number of amides is 1. The molecule has 0 aliphatic heterocycles. The smallest absolute Gasteiger partial charge is 0.309 e. The molecular weight excluding hydrogens is 166 g/mol. The third-order valence-electron chi connectivity index (χ3n) is 1.66. The van der Waals surface area contributed by atoms with E-state index >= 15 is 0 Å². The van der Waals surface area contributed by atoms with E-state index in [2.05, 4.69) is 5.32 Å². The quantitative estimate of drug-likeness (QED) is 0.501. The first-order chi connectivity index (χ1) is 5.04. The van der Waals surface area contributed by atoms with Crippen LogP contribution in [-0.2, 0) is 9.59 Å². The Bertz CT molecular complexity index is 161. The van der Waals surface area contributed by atoms with Crippen LogP contribution in [0.4, 0.5) is 0 Å². The molecule has 1 radical (unpaired) electrons. The van der Waals surface area contributed by atoms with E-state index in [0.29, 0.717) is 6.42 Å². The molecule has 4 heteroatoms. The summed E-state index contributed by atoms with van der Waals surface area (Å²) >= 11 is 5.17. The monoisotopic (exact) mass is 176 g/mol. The van der Waals surface area contributed by atoms with Gasteiger partial charge in [-0.2, -0.15) is 0 Å². The third kappa shape index (κ3) is 3.98. The highest BCUT2D eigenvalue weighted by molar-refractivity contribution is 6.63. The van der Waals surface area contributed by atoms with Crippen molar-refractivity contribution >= 4 is 23.3 Å². The van der Waals surface area contributed by atoms with E-state index in [4.69, 9.17) is 11.6 Å². The molecule has 1 unspecified atom stereocenters. The van der Waals surface area contributed by atoms with E-state index < -0.39 is 10.8 Å². The summed E-state index contributed by atoms with van der Waals surface area (Å²) in [6.07, 6.45) is 2.35. The predicted octanol–water partition coefficient (Wildman–Crippen LogP) is 0.967. The van der Waals surface area contributed by atoms with Gasteiger partial charge < -0.3 is 5.32 Å². The Morgan fingerprint density at radius 2 is 2.27 bits per heavy atom. The summed E-state index contributed by atoms with van der Waals surface area (Å²) in [6, 6.07) is 0. The number of rotatable bonds is 5. The zero-order valence-corrected chi connectivity index (χ0v) is 7.36. The molecule has 1 N–H and O–H groups in total. The van der Waals surface area contributed by atoms with Gasteiger partial charge in [-0.05, 0) is 24.9 Å². The fourth-order valence-corrected chi connectivity index (χ4v) is 0.982. The second-order valence-electron chi connectivity index (χ2n) is 2.67. The number of carbonyl (C=O) groups is 1. The van der Waals surface area contributed by atoms with Gasteiger partial charge in [-0.3, -0.25) is 9.59 Å². The minimum absolute atomic E-state index is 0.139. The van der Waals surface area contributed by atoms with Crippen LogP contribution in [0.3, 0.4) is 0 Å². The lowest BCUT2D eigenvalue weighted by atomic mass is 9.96. The van der Waals surface area contributed by atoms with Gasteiger partial charge in [0.1, 0.15) is 0 Å². The first-order valence-corrected chi connectivity index (χ1v) is 3.74. The van der Waals surface area contributed by atoms with E-state index in [0.717, 1.165) is 0 Å². The number of hydrogen-bond acceptors (Lipinski definition) is 2. The number of halogens is 1. The molecule has 1 amide bonds. The lowest BCUT2D eigenvalue weighted by molar-refractivity contribution is -0.112. The summed E-state index contributed by atoms with van der Waals surface area (Å²) in [6.45, 7) is 3.61. The molecule has 1 atom stereocenters. The van der Waals surface area contributed by atoms with Crippen molar-refractivity contribution in [3.05, 3.63) is 0 Å². The van der Waals surface area contributed by atoms with E-state index in [1.807, 2.05) is 6.92 Å². The average Bonchev–Trinajstić information content (AvgIpc) is 1.87. The van der Waals surface area contributed by atoms with E-state index in [1.54, 1.807) is 13.3 Å². The first-order valence-electron chi connectivity index (χ1n) is 3.36. The summed E-state index contributed by atoms with van der Waals surface area (Å²) in [5, 5.41) is 1.98. The van der Waals surface area contributed by atoms with Crippen LogP contribution < -0.4 is 5.32 Å². The van der Waals surface area contributed by atoms with Gasteiger partial charge in [0.05, 0.1) is 0 Å². The highest BCUT2D eigenvalue weighted by Gasteiger charge is 2.23. The number of carbonyl (C=O) groups excluding carboxylic acids is 2. The summed E-state index contributed by atoms with van der Waals surface area (Å²) < 4.78 is 0. The van der Waals surface area contributed by atoms with Crippen molar-refractivity contribution < 1.29 is 9.59 Å². The molecule has 0 bridgehead atoms. The van der Waals surface area contributed by atoms with Crippen molar-refractivity contribution in [3.63, 3.8) is 0 Å². The Balaban J connectivity index is 4.08. The molecule has 0 aliphatic carbocycles. The molecule has 0 rings (SSSR count). The van der Waals surface area contributed by atoms with Crippen molar-refractivity contribution in [2.24, 2.45) is 0 Å². The van der Waals surface area contributed by atoms with E-state index in [1.165, 1.54) is 0 Å². The second-order valence-corrected chi connectivity index (χ2v) is 3.09. The fraction of sp³-hybridized carbons (Fsp3) is 0.714. The Morgan fingerprint density at radius 1 is 1.73 bits per heavy atom. The Labute approximate surface area is 71.1 Å². The first kappa shape index (κ1) is 10.4. The topological polar surface area (TPSA) is 46.2 Å². The standard InChI is InChI=1S/C7H11ClNO2/c1-3-7(2,9-5-10)4-6(8)11/h3-4H2,1-2H3,(H,9,10). The number of nitrogens with one attached hydrogen (secondary N) is 1. The largest absolute Gasteiger partial charge is 0.342 e. The highest BCUT2D eigenvalue weighted by Crippen LogP contribution is 2.14. The molecular formula is C7H11ClNO2. The Morgan fingerprint density at radius 3 is 2.55 bits per heavy atom. The van der Waals surface area contributed by atoms with E-state index in [9.17, 15) is 9.59 Å². The van der Waals surface area contributed by atoms with Crippen molar-refractivity contribution in [1.82, 2.24) is 5.32 Å². The maximum absolute atomic E-state index is 10.5. The van der Waals surface area contributed by atoms with Gasteiger partial charge in [-0.25, -0.2) is 0 Å². The maximum Gasteiger partial charge on any atom is 0.309 e. The zero-order chi connectivity index (χ0) is 8.91. The van der Waals surface area contributed by atoms with Gasteiger partial charge in [-0.1, -0.05) is 6.92 Å². The van der Waals surface area contributed by atoms with Gasteiger partial charge in [0, 0.05) is 12.0 Å². The molecule has 0 aromatic rings. The summed E-state index contributed by atoms with van der Waals surface area (Å²) in [7, 11) is 0. The molecule has 0 aliphatic rings. The number of hydrogen-bond donors (Lipinski definition) is 1. The van der Waals surface area contributed by atoms with Gasteiger partial charge in [0.25, 0.3) is 0 Å². The molecule has 0 saturated carbocycles.